The van der Waals surface area contributed by atoms with Crippen LogP contribution in [0.1, 0.15) is 32.5 Å². The van der Waals surface area contributed by atoms with E-state index in [1.54, 1.807) is 11.3 Å². The highest BCUT2D eigenvalue weighted by molar-refractivity contribution is 7.19. The Morgan fingerprint density at radius 1 is 1.20 bits per heavy atom. The molecule has 20 heavy (non-hydrogen) atoms. The van der Waals surface area contributed by atoms with Crippen molar-refractivity contribution in [3.8, 4) is 16.3 Å². The third-order valence-electron chi connectivity index (χ3n) is 2.94. The van der Waals surface area contributed by atoms with Crippen LogP contribution in [-0.2, 0) is 0 Å². The molecule has 0 saturated carbocycles. The lowest BCUT2D eigenvalue weighted by Crippen LogP contribution is -1.97. The molecular formula is C14H16N4OS. The van der Waals surface area contributed by atoms with E-state index in [4.69, 9.17) is 4.74 Å². The lowest BCUT2D eigenvalue weighted by molar-refractivity contribution is 0.340. The monoisotopic (exact) mass is 288 g/mol. The molecule has 3 aromatic rings. The van der Waals surface area contributed by atoms with Crippen LogP contribution < -0.4 is 4.74 Å². The molecule has 1 aromatic carbocycles. The van der Waals surface area contributed by atoms with Crippen LogP contribution in [0.25, 0.3) is 15.5 Å². The molecule has 0 fully saturated rings. The SMILES string of the molecule is CCOc1ccc(-c2nn3c(C(C)C)nnc3s2)cc1. The van der Waals surface area contributed by atoms with Crippen LogP contribution in [-0.4, -0.2) is 26.4 Å². The van der Waals surface area contributed by atoms with Gasteiger partial charge in [0, 0.05) is 11.5 Å². The highest BCUT2D eigenvalue weighted by Gasteiger charge is 2.14. The summed E-state index contributed by atoms with van der Waals surface area (Å²) < 4.78 is 7.28. The fourth-order valence-corrected chi connectivity index (χ4v) is 2.82. The molecule has 2 heterocycles. The third-order valence-corrected chi connectivity index (χ3v) is 3.89. The zero-order valence-corrected chi connectivity index (χ0v) is 12.5. The van der Waals surface area contributed by atoms with E-state index in [1.165, 1.54) is 0 Å². The standard InChI is InChI=1S/C14H16N4OS/c1-4-19-11-7-5-10(6-8-11)13-17-18-12(9(2)3)15-16-14(18)20-13/h5-9H,4H2,1-3H3. The van der Waals surface area contributed by atoms with Crippen LogP contribution in [0, 0.1) is 0 Å². The maximum Gasteiger partial charge on any atom is 0.234 e. The van der Waals surface area contributed by atoms with Gasteiger partial charge in [-0.1, -0.05) is 25.2 Å². The van der Waals surface area contributed by atoms with Crippen LogP contribution in [0.5, 0.6) is 5.75 Å². The first-order chi connectivity index (χ1) is 9.69. The van der Waals surface area contributed by atoms with Gasteiger partial charge in [-0.05, 0) is 31.2 Å². The van der Waals surface area contributed by atoms with Crippen molar-refractivity contribution in [2.45, 2.75) is 26.7 Å². The smallest absolute Gasteiger partial charge is 0.234 e. The van der Waals surface area contributed by atoms with E-state index < -0.39 is 0 Å². The van der Waals surface area contributed by atoms with Gasteiger partial charge in [0.25, 0.3) is 0 Å². The molecule has 0 spiro atoms. The Kier molecular flexibility index (Phi) is 3.40. The fraction of sp³-hybridized carbons (Fsp3) is 0.357. The van der Waals surface area contributed by atoms with Crippen LogP contribution in [0.4, 0.5) is 0 Å². The number of aromatic nitrogens is 4. The summed E-state index contributed by atoms with van der Waals surface area (Å²) in [4.78, 5) is 0.831. The summed E-state index contributed by atoms with van der Waals surface area (Å²) >= 11 is 1.55. The molecule has 3 rings (SSSR count). The molecule has 0 N–H and O–H groups in total. The zero-order chi connectivity index (χ0) is 14.1. The van der Waals surface area contributed by atoms with Crippen molar-refractivity contribution in [1.29, 1.82) is 0 Å². The highest BCUT2D eigenvalue weighted by atomic mass is 32.1. The molecular weight excluding hydrogens is 272 g/mol. The largest absolute Gasteiger partial charge is 0.494 e. The number of ether oxygens (including phenoxy) is 1. The quantitative estimate of drug-likeness (QED) is 0.738. The number of hydrogen-bond donors (Lipinski definition) is 0. The lowest BCUT2D eigenvalue weighted by atomic mass is 10.2. The van der Waals surface area contributed by atoms with Crippen molar-refractivity contribution < 1.29 is 4.74 Å². The Bertz CT molecular complexity index is 714. The highest BCUT2D eigenvalue weighted by Crippen LogP contribution is 2.28. The molecule has 0 aliphatic carbocycles. The van der Waals surface area contributed by atoms with Crippen molar-refractivity contribution in [1.82, 2.24) is 19.8 Å². The lowest BCUT2D eigenvalue weighted by Gasteiger charge is -2.02. The second-order valence-corrected chi connectivity index (χ2v) is 5.73. The van der Waals surface area contributed by atoms with Crippen molar-refractivity contribution in [3.05, 3.63) is 30.1 Å². The van der Waals surface area contributed by atoms with Gasteiger partial charge >= 0.3 is 0 Å². The van der Waals surface area contributed by atoms with Crippen LogP contribution >= 0.6 is 11.3 Å². The first-order valence-corrected chi connectivity index (χ1v) is 7.46. The number of hydrogen-bond acceptors (Lipinski definition) is 5. The molecule has 0 radical (unpaired) electrons. The molecule has 0 saturated heterocycles. The fourth-order valence-electron chi connectivity index (χ4n) is 1.97. The predicted molar refractivity (Wildman–Crippen MR) is 79.4 cm³/mol. The molecule has 0 unspecified atom stereocenters. The van der Waals surface area contributed by atoms with Crippen molar-refractivity contribution >= 4 is 16.3 Å². The number of benzene rings is 1. The summed E-state index contributed by atoms with van der Waals surface area (Å²) in [6, 6.07) is 7.96. The molecule has 0 amide bonds. The van der Waals surface area contributed by atoms with Crippen molar-refractivity contribution in [3.63, 3.8) is 0 Å². The zero-order valence-electron chi connectivity index (χ0n) is 11.7. The van der Waals surface area contributed by atoms with E-state index in [0.29, 0.717) is 12.5 Å². The molecule has 0 bridgehead atoms. The van der Waals surface area contributed by atoms with Gasteiger partial charge in [-0.15, -0.1) is 10.2 Å². The van der Waals surface area contributed by atoms with Gasteiger partial charge in [0.1, 0.15) is 10.8 Å². The number of nitrogens with zero attached hydrogens (tertiary/aromatic N) is 4. The Morgan fingerprint density at radius 2 is 1.95 bits per heavy atom. The third kappa shape index (κ3) is 2.27. The predicted octanol–water partition coefficient (Wildman–Crippen LogP) is 3.37. The summed E-state index contributed by atoms with van der Waals surface area (Å²) in [5, 5.41) is 13.9. The summed E-state index contributed by atoms with van der Waals surface area (Å²) in [6.45, 7) is 6.83. The summed E-state index contributed by atoms with van der Waals surface area (Å²) in [6.07, 6.45) is 0. The normalized spacial score (nSPS) is 11.4. The molecule has 0 aliphatic rings. The number of fused-ring (bicyclic) bond motifs is 1. The van der Waals surface area contributed by atoms with Gasteiger partial charge in [0.2, 0.25) is 4.96 Å². The Labute approximate surface area is 121 Å². The molecule has 2 aromatic heterocycles. The maximum atomic E-state index is 5.45. The average Bonchev–Trinajstić information content (AvgIpc) is 2.99. The minimum absolute atomic E-state index is 0.306. The minimum atomic E-state index is 0.306. The van der Waals surface area contributed by atoms with E-state index >= 15 is 0 Å². The van der Waals surface area contributed by atoms with Crippen molar-refractivity contribution in [2.75, 3.05) is 6.61 Å². The van der Waals surface area contributed by atoms with Gasteiger partial charge in [-0.2, -0.15) is 9.61 Å². The Hall–Kier alpha value is -1.95. The average molecular weight is 288 g/mol. The van der Waals surface area contributed by atoms with Crippen molar-refractivity contribution in [2.24, 2.45) is 0 Å². The number of rotatable bonds is 4. The summed E-state index contributed by atoms with van der Waals surface area (Å²) in [7, 11) is 0. The summed E-state index contributed by atoms with van der Waals surface area (Å²) in [5.41, 5.74) is 1.07. The molecule has 104 valence electrons. The van der Waals surface area contributed by atoms with E-state index in [2.05, 4.69) is 29.1 Å². The first-order valence-electron chi connectivity index (χ1n) is 6.64. The van der Waals surface area contributed by atoms with Crippen LogP contribution in [0.15, 0.2) is 24.3 Å². The summed E-state index contributed by atoms with van der Waals surface area (Å²) in [5.74, 6) is 2.08. The van der Waals surface area contributed by atoms with Gasteiger partial charge in [-0.3, -0.25) is 0 Å². The van der Waals surface area contributed by atoms with E-state index in [1.807, 2.05) is 35.7 Å². The van der Waals surface area contributed by atoms with Crippen LogP contribution in [0.2, 0.25) is 0 Å². The Balaban J connectivity index is 1.97. The van der Waals surface area contributed by atoms with Gasteiger partial charge in [-0.25, -0.2) is 0 Å². The van der Waals surface area contributed by atoms with Gasteiger partial charge in [0.15, 0.2) is 5.82 Å². The van der Waals surface area contributed by atoms with E-state index in [-0.39, 0.29) is 0 Å². The maximum absolute atomic E-state index is 5.45. The Morgan fingerprint density at radius 3 is 2.60 bits per heavy atom. The van der Waals surface area contributed by atoms with E-state index in [9.17, 15) is 0 Å². The molecule has 5 nitrogen and oxygen atoms in total. The van der Waals surface area contributed by atoms with Gasteiger partial charge < -0.3 is 4.74 Å². The minimum Gasteiger partial charge on any atom is -0.494 e. The van der Waals surface area contributed by atoms with Crippen LogP contribution in [0.3, 0.4) is 0 Å². The topological polar surface area (TPSA) is 52.3 Å². The molecule has 0 aliphatic heterocycles. The van der Waals surface area contributed by atoms with Gasteiger partial charge in [0.05, 0.1) is 6.61 Å². The molecule has 6 heteroatoms. The first kappa shape index (κ1) is 13.1. The second-order valence-electron chi connectivity index (χ2n) is 4.77. The second kappa shape index (κ2) is 5.20. The molecule has 0 atom stereocenters. The van der Waals surface area contributed by atoms with E-state index in [0.717, 1.165) is 27.1 Å².